The molecule has 0 aromatic carbocycles. The van der Waals surface area contributed by atoms with Crippen molar-refractivity contribution in [2.24, 2.45) is 0 Å². The Balaban J connectivity index is 4.03. The second-order valence-corrected chi connectivity index (χ2v) is 2.98. The molecule has 0 radical (unpaired) electrons. The zero-order valence-electron chi connectivity index (χ0n) is 7.70. The molecule has 6 heteroatoms. The van der Waals surface area contributed by atoms with Gasteiger partial charge in [0.15, 0.2) is 5.78 Å². The van der Waals surface area contributed by atoms with E-state index >= 15 is 0 Å². The maximum atomic E-state index is 11.0. The molecule has 0 spiro atoms. The highest BCUT2D eigenvalue weighted by Gasteiger charge is 2.28. The Labute approximate surface area is 81.4 Å². The summed E-state index contributed by atoms with van der Waals surface area (Å²) in [6.45, 7) is -0.914. The molecule has 0 aliphatic rings. The second kappa shape index (κ2) is 6.86. The molecule has 84 valence electrons. The lowest BCUT2D eigenvalue weighted by Crippen LogP contribution is -2.43. The molecule has 0 rings (SSSR count). The van der Waals surface area contributed by atoms with E-state index in [1.54, 1.807) is 0 Å². The molecule has 0 amide bonds. The molecule has 14 heavy (non-hydrogen) atoms. The fraction of sp³-hybridized carbons (Fsp3) is 0.875. The van der Waals surface area contributed by atoms with Gasteiger partial charge in [-0.25, -0.2) is 0 Å². The van der Waals surface area contributed by atoms with Crippen LogP contribution in [0.15, 0.2) is 0 Å². The number of hydrogen-bond donors (Lipinski definition) is 5. The van der Waals surface area contributed by atoms with Crippen LogP contribution in [0.4, 0.5) is 0 Å². The van der Waals surface area contributed by atoms with E-state index in [0.29, 0.717) is 0 Å². The summed E-state index contributed by atoms with van der Waals surface area (Å²) in [7, 11) is 0. The van der Waals surface area contributed by atoms with Crippen LogP contribution in [0.2, 0.25) is 0 Å². The molecule has 0 saturated carbocycles. The standard InChI is InChI=1S/C8H16O6/c9-3-1-2-5(11)7(13)8(14)6(12)4-10/h6-10,12-14H,1-4H2/t6-,7-,8-/m0/s1. The number of carbonyl (C=O) groups excluding carboxylic acids is 1. The summed E-state index contributed by atoms with van der Waals surface area (Å²) < 4.78 is 0. The number of carbonyl (C=O) groups is 1. The van der Waals surface area contributed by atoms with Gasteiger partial charge >= 0.3 is 0 Å². The average molecular weight is 208 g/mol. The van der Waals surface area contributed by atoms with Crippen LogP contribution in [0.5, 0.6) is 0 Å². The highest BCUT2D eigenvalue weighted by molar-refractivity contribution is 5.83. The number of aliphatic hydroxyl groups is 5. The largest absolute Gasteiger partial charge is 0.396 e. The minimum atomic E-state index is -1.72. The summed E-state index contributed by atoms with van der Waals surface area (Å²) in [5.41, 5.74) is 0. The fourth-order valence-electron chi connectivity index (χ4n) is 0.910. The van der Waals surface area contributed by atoms with E-state index in [2.05, 4.69) is 0 Å². The predicted octanol–water partition coefficient (Wildman–Crippen LogP) is -2.60. The summed E-state index contributed by atoms with van der Waals surface area (Å²) in [4.78, 5) is 11.0. The quantitative estimate of drug-likeness (QED) is 0.313. The van der Waals surface area contributed by atoms with Crippen LogP contribution in [0.1, 0.15) is 12.8 Å². The molecule has 0 fully saturated rings. The van der Waals surface area contributed by atoms with Crippen molar-refractivity contribution in [1.82, 2.24) is 0 Å². The normalized spacial score (nSPS) is 17.5. The first kappa shape index (κ1) is 13.5. The van der Waals surface area contributed by atoms with Crippen molar-refractivity contribution in [1.29, 1.82) is 0 Å². The highest BCUT2D eigenvalue weighted by Crippen LogP contribution is 2.04. The number of hydrogen-bond acceptors (Lipinski definition) is 6. The third-order valence-corrected chi connectivity index (χ3v) is 1.82. The summed E-state index contributed by atoms with van der Waals surface area (Å²) in [5.74, 6) is -0.668. The van der Waals surface area contributed by atoms with Gasteiger partial charge in [-0.2, -0.15) is 0 Å². The lowest BCUT2D eigenvalue weighted by Gasteiger charge is -2.20. The number of Topliss-reactive ketones (excluding diaryl/α,β-unsaturated/α-hetero) is 1. The second-order valence-electron chi connectivity index (χ2n) is 2.98. The van der Waals surface area contributed by atoms with Crippen LogP contribution in [0, 0.1) is 0 Å². The predicted molar refractivity (Wildman–Crippen MR) is 46.4 cm³/mol. The van der Waals surface area contributed by atoms with Gasteiger partial charge in [0, 0.05) is 13.0 Å². The summed E-state index contributed by atoms with van der Waals surface area (Å²) in [5, 5.41) is 44.0. The number of rotatable bonds is 7. The molecule has 0 aliphatic heterocycles. The van der Waals surface area contributed by atoms with Crippen LogP contribution in [0.3, 0.4) is 0 Å². The number of ketones is 1. The van der Waals surface area contributed by atoms with E-state index in [-0.39, 0.29) is 19.4 Å². The maximum Gasteiger partial charge on any atom is 0.164 e. The van der Waals surface area contributed by atoms with E-state index < -0.39 is 30.7 Å². The van der Waals surface area contributed by atoms with E-state index in [9.17, 15) is 4.79 Å². The van der Waals surface area contributed by atoms with Gasteiger partial charge in [0.1, 0.15) is 18.3 Å². The van der Waals surface area contributed by atoms with Gasteiger partial charge in [-0.15, -0.1) is 0 Å². The molecule has 0 aliphatic carbocycles. The molecule has 6 nitrogen and oxygen atoms in total. The smallest absolute Gasteiger partial charge is 0.164 e. The van der Waals surface area contributed by atoms with E-state index in [0.717, 1.165) is 0 Å². The van der Waals surface area contributed by atoms with E-state index in [4.69, 9.17) is 25.5 Å². The Morgan fingerprint density at radius 1 is 1.14 bits per heavy atom. The third-order valence-electron chi connectivity index (χ3n) is 1.82. The first-order valence-electron chi connectivity index (χ1n) is 4.33. The van der Waals surface area contributed by atoms with Gasteiger partial charge in [0.2, 0.25) is 0 Å². The van der Waals surface area contributed by atoms with Crippen LogP contribution in [0.25, 0.3) is 0 Å². The molecule has 0 aromatic rings. The SMILES string of the molecule is O=C(CCCO)[C@H](O)[C@@H](O)[C@@H](O)CO. The molecule has 0 aromatic heterocycles. The van der Waals surface area contributed by atoms with E-state index in [1.807, 2.05) is 0 Å². The van der Waals surface area contributed by atoms with Gasteiger partial charge in [-0.3, -0.25) is 4.79 Å². The van der Waals surface area contributed by atoms with Gasteiger partial charge in [0.05, 0.1) is 6.61 Å². The molecule has 0 heterocycles. The Bertz CT molecular complexity index is 171. The van der Waals surface area contributed by atoms with Crippen molar-refractivity contribution in [3.63, 3.8) is 0 Å². The first-order valence-corrected chi connectivity index (χ1v) is 4.33. The summed E-state index contributed by atoms with van der Waals surface area (Å²) >= 11 is 0. The monoisotopic (exact) mass is 208 g/mol. The Morgan fingerprint density at radius 3 is 2.14 bits per heavy atom. The van der Waals surface area contributed by atoms with Gasteiger partial charge in [0.25, 0.3) is 0 Å². The lowest BCUT2D eigenvalue weighted by molar-refractivity contribution is -0.140. The zero-order chi connectivity index (χ0) is 11.1. The summed E-state index contributed by atoms with van der Waals surface area (Å²) in [6.07, 6.45) is -4.83. The minimum Gasteiger partial charge on any atom is -0.396 e. The van der Waals surface area contributed by atoms with Crippen molar-refractivity contribution >= 4 is 5.78 Å². The lowest BCUT2D eigenvalue weighted by atomic mass is 10.0. The average Bonchev–Trinajstić information content (AvgIpc) is 2.22. The Morgan fingerprint density at radius 2 is 1.71 bits per heavy atom. The fourth-order valence-corrected chi connectivity index (χ4v) is 0.910. The molecular weight excluding hydrogens is 192 g/mol. The zero-order valence-corrected chi connectivity index (χ0v) is 7.70. The van der Waals surface area contributed by atoms with Crippen molar-refractivity contribution in [3.05, 3.63) is 0 Å². The van der Waals surface area contributed by atoms with Crippen molar-refractivity contribution < 1.29 is 30.3 Å². The molecule has 3 atom stereocenters. The third kappa shape index (κ3) is 4.12. The first-order chi connectivity index (χ1) is 6.54. The Hall–Kier alpha value is -0.530. The summed E-state index contributed by atoms with van der Waals surface area (Å²) in [6, 6.07) is 0. The van der Waals surface area contributed by atoms with Crippen LogP contribution >= 0.6 is 0 Å². The van der Waals surface area contributed by atoms with Gasteiger partial charge in [-0.05, 0) is 6.42 Å². The maximum absolute atomic E-state index is 11.0. The van der Waals surface area contributed by atoms with Crippen LogP contribution < -0.4 is 0 Å². The van der Waals surface area contributed by atoms with E-state index in [1.165, 1.54) is 0 Å². The van der Waals surface area contributed by atoms with Crippen molar-refractivity contribution in [3.8, 4) is 0 Å². The molecular formula is C8H16O6. The van der Waals surface area contributed by atoms with Crippen LogP contribution in [-0.4, -0.2) is 62.8 Å². The highest BCUT2D eigenvalue weighted by atomic mass is 16.4. The van der Waals surface area contributed by atoms with Gasteiger partial charge in [-0.1, -0.05) is 0 Å². The van der Waals surface area contributed by atoms with Crippen molar-refractivity contribution in [2.75, 3.05) is 13.2 Å². The molecule has 0 unspecified atom stereocenters. The molecule has 0 saturated heterocycles. The van der Waals surface area contributed by atoms with Crippen molar-refractivity contribution in [2.45, 2.75) is 31.2 Å². The molecule has 0 bridgehead atoms. The Kier molecular flexibility index (Phi) is 6.60. The molecule has 5 N–H and O–H groups in total. The van der Waals surface area contributed by atoms with Crippen LogP contribution in [-0.2, 0) is 4.79 Å². The number of aliphatic hydroxyl groups excluding tert-OH is 5. The minimum absolute atomic E-state index is 0.0765. The topological polar surface area (TPSA) is 118 Å². The van der Waals surface area contributed by atoms with Gasteiger partial charge < -0.3 is 25.5 Å².